The summed E-state index contributed by atoms with van der Waals surface area (Å²) in [6.45, 7) is 0.189. The van der Waals surface area contributed by atoms with Crippen LogP contribution in [0.1, 0.15) is 15.9 Å². The zero-order chi connectivity index (χ0) is 13.0. The zero-order valence-corrected chi connectivity index (χ0v) is 12.1. The van der Waals surface area contributed by atoms with E-state index in [1.807, 2.05) is 0 Å². The molecule has 0 saturated heterocycles. The molecule has 0 heterocycles. The van der Waals surface area contributed by atoms with Gasteiger partial charge in [-0.2, -0.15) is 0 Å². The van der Waals surface area contributed by atoms with E-state index in [4.69, 9.17) is 28.3 Å². The lowest BCUT2D eigenvalue weighted by atomic mass is 10.1. The molecule has 17 heavy (non-hydrogen) atoms. The molecule has 0 atom stereocenters. The lowest BCUT2D eigenvalue weighted by Gasteiger charge is -2.08. The number of hydrogen-bond donors (Lipinski definition) is 2. The van der Waals surface area contributed by atoms with Crippen molar-refractivity contribution in [3.05, 3.63) is 32.9 Å². The number of carboxylic acid groups (broad SMARTS) is 1. The summed E-state index contributed by atoms with van der Waals surface area (Å²) in [5, 5.41) is 11.3. The summed E-state index contributed by atoms with van der Waals surface area (Å²) in [5.74, 6) is -1.52. The predicted molar refractivity (Wildman–Crippen MR) is 73.5 cm³/mol. The van der Waals surface area contributed by atoms with E-state index in [-0.39, 0.29) is 12.1 Å². The summed E-state index contributed by atoms with van der Waals surface area (Å²) < 4.78 is 0.855. The van der Waals surface area contributed by atoms with Crippen LogP contribution in [0.2, 0.25) is 0 Å². The van der Waals surface area contributed by atoms with E-state index in [2.05, 4.69) is 27.9 Å². The highest BCUT2D eigenvalue weighted by atomic mass is 127. The quantitative estimate of drug-likeness (QED) is 0.615. The second-order valence-electron chi connectivity index (χ2n) is 3.13. The van der Waals surface area contributed by atoms with Crippen LogP contribution in [-0.2, 0) is 11.3 Å². The zero-order valence-electron chi connectivity index (χ0n) is 8.41. The van der Waals surface area contributed by atoms with Gasteiger partial charge in [-0.3, -0.25) is 4.79 Å². The van der Waals surface area contributed by atoms with Crippen molar-refractivity contribution in [2.75, 3.05) is 0 Å². The highest BCUT2D eigenvalue weighted by molar-refractivity contribution is 14.1. The average Bonchev–Trinajstić information content (AvgIpc) is 2.26. The highest BCUT2D eigenvalue weighted by Crippen LogP contribution is 2.15. The highest BCUT2D eigenvalue weighted by Gasteiger charge is 2.12. The molecule has 0 aliphatic rings. The van der Waals surface area contributed by atoms with Crippen LogP contribution in [0, 0.1) is 3.57 Å². The van der Waals surface area contributed by atoms with Gasteiger partial charge in [-0.1, -0.05) is 23.2 Å². The number of carbonyl (C=O) groups is 2. The molecule has 92 valence electrons. The minimum atomic E-state index is -1.13. The molecule has 0 aliphatic carbocycles. The minimum absolute atomic E-state index is 0.169. The van der Waals surface area contributed by atoms with Crippen LogP contribution in [0.15, 0.2) is 18.2 Å². The van der Waals surface area contributed by atoms with Gasteiger partial charge in [0.05, 0.1) is 5.56 Å². The van der Waals surface area contributed by atoms with E-state index >= 15 is 0 Å². The number of carboxylic acids is 1. The molecule has 0 spiro atoms. The van der Waals surface area contributed by atoms with Crippen LogP contribution in [-0.4, -0.2) is 21.8 Å². The maximum absolute atomic E-state index is 11.2. The van der Waals surface area contributed by atoms with Gasteiger partial charge in [0.1, 0.15) is 0 Å². The van der Waals surface area contributed by atoms with Crippen LogP contribution in [0.5, 0.6) is 0 Å². The molecular weight excluding hydrogens is 380 g/mol. The Kier molecular flexibility index (Phi) is 5.48. The first-order chi connectivity index (χ1) is 7.91. The van der Waals surface area contributed by atoms with E-state index in [0.29, 0.717) is 5.56 Å². The van der Waals surface area contributed by atoms with Gasteiger partial charge < -0.3 is 10.4 Å². The van der Waals surface area contributed by atoms with Crippen molar-refractivity contribution in [3.8, 4) is 0 Å². The van der Waals surface area contributed by atoms with Crippen molar-refractivity contribution >= 4 is 57.7 Å². The lowest BCUT2D eigenvalue weighted by molar-refractivity contribution is -0.119. The van der Waals surface area contributed by atoms with Crippen molar-refractivity contribution in [3.63, 3.8) is 0 Å². The molecule has 1 aromatic carbocycles. The van der Waals surface area contributed by atoms with Gasteiger partial charge in [0.2, 0.25) is 0 Å². The van der Waals surface area contributed by atoms with Gasteiger partial charge in [0.25, 0.3) is 5.91 Å². The second kappa shape index (κ2) is 6.42. The van der Waals surface area contributed by atoms with E-state index in [9.17, 15) is 9.59 Å². The molecule has 0 fully saturated rings. The Morgan fingerprint density at radius 3 is 2.59 bits per heavy atom. The van der Waals surface area contributed by atoms with Crippen LogP contribution < -0.4 is 5.32 Å². The molecule has 1 amide bonds. The van der Waals surface area contributed by atoms with Crippen LogP contribution in [0.4, 0.5) is 0 Å². The number of nitrogens with one attached hydrogen (secondary N) is 1. The van der Waals surface area contributed by atoms with Crippen LogP contribution in [0.25, 0.3) is 0 Å². The van der Waals surface area contributed by atoms with Crippen molar-refractivity contribution in [1.82, 2.24) is 5.32 Å². The molecule has 2 N–H and O–H groups in total. The lowest BCUT2D eigenvalue weighted by Crippen LogP contribution is -2.28. The number of halogens is 3. The maximum atomic E-state index is 11.2. The van der Waals surface area contributed by atoms with Gasteiger partial charge in [-0.25, -0.2) is 4.79 Å². The fraction of sp³-hybridized carbons (Fsp3) is 0.200. The Morgan fingerprint density at radius 2 is 2.06 bits per heavy atom. The molecular formula is C10H8Cl2INO3. The SMILES string of the molecule is O=C(O)c1ccc(I)c(CNC(=O)C(Cl)Cl)c1. The summed E-state index contributed by atoms with van der Waals surface area (Å²) in [6, 6.07) is 4.67. The number of benzene rings is 1. The first-order valence-corrected chi connectivity index (χ1v) is 6.44. The fourth-order valence-electron chi connectivity index (χ4n) is 1.10. The molecule has 0 aromatic heterocycles. The normalized spacial score (nSPS) is 10.4. The summed E-state index contributed by atoms with van der Waals surface area (Å²) in [7, 11) is 0. The summed E-state index contributed by atoms with van der Waals surface area (Å²) in [6.07, 6.45) is 0. The fourth-order valence-corrected chi connectivity index (χ4v) is 1.78. The summed E-state index contributed by atoms with van der Waals surface area (Å²) in [5.41, 5.74) is 0.871. The number of aromatic carboxylic acids is 1. The van der Waals surface area contributed by atoms with E-state index in [0.717, 1.165) is 3.57 Å². The topological polar surface area (TPSA) is 66.4 Å². The standard InChI is InChI=1S/C10H8Cl2INO3/c11-8(12)9(15)14-4-6-3-5(10(16)17)1-2-7(6)13/h1-3,8H,4H2,(H,14,15)(H,16,17). The molecule has 1 rings (SSSR count). The number of rotatable bonds is 4. The Balaban J connectivity index is 2.80. The molecule has 0 radical (unpaired) electrons. The van der Waals surface area contributed by atoms with Gasteiger partial charge in [-0.05, 0) is 46.4 Å². The van der Waals surface area contributed by atoms with E-state index < -0.39 is 16.7 Å². The third-order valence-corrected chi connectivity index (χ3v) is 3.39. The maximum Gasteiger partial charge on any atom is 0.335 e. The first-order valence-electron chi connectivity index (χ1n) is 4.49. The van der Waals surface area contributed by atoms with Crippen molar-refractivity contribution in [2.24, 2.45) is 0 Å². The number of carbonyl (C=O) groups excluding carboxylic acids is 1. The van der Waals surface area contributed by atoms with Crippen molar-refractivity contribution < 1.29 is 14.7 Å². The van der Waals surface area contributed by atoms with Gasteiger partial charge in [0, 0.05) is 10.1 Å². The Bertz CT molecular complexity index is 451. The summed E-state index contributed by atoms with van der Waals surface area (Å²) in [4.78, 5) is 20.8. The Labute approximate surface area is 121 Å². The van der Waals surface area contributed by atoms with Gasteiger partial charge in [-0.15, -0.1) is 0 Å². The number of hydrogen-bond acceptors (Lipinski definition) is 2. The smallest absolute Gasteiger partial charge is 0.335 e. The monoisotopic (exact) mass is 387 g/mol. The number of amides is 1. The first kappa shape index (κ1) is 14.5. The van der Waals surface area contributed by atoms with E-state index in [1.165, 1.54) is 12.1 Å². The Morgan fingerprint density at radius 1 is 1.41 bits per heavy atom. The van der Waals surface area contributed by atoms with Gasteiger partial charge >= 0.3 is 5.97 Å². The molecule has 7 heteroatoms. The van der Waals surface area contributed by atoms with Gasteiger partial charge in [0.15, 0.2) is 4.84 Å². The predicted octanol–water partition coefficient (Wildman–Crippen LogP) is 2.41. The van der Waals surface area contributed by atoms with Crippen molar-refractivity contribution in [1.29, 1.82) is 0 Å². The van der Waals surface area contributed by atoms with E-state index in [1.54, 1.807) is 6.07 Å². The van der Waals surface area contributed by atoms with Crippen LogP contribution in [0.3, 0.4) is 0 Å². The molecule has 1 aromatic rings. The molecule has 0 saturated carbocycles. The van der Waals surface area contributed by atoms with Crippen molar-refractivity contribution in [2.45, 2.75) is 11.4 Å². The van der Waals surface area contributed by atoms with Crippen LogP contribution >= 0.6 is 45.8 Å². The molecule has 0 aliphatic heterocycles. The largest absolute Gasteiger partial charge is 0.478 e. The summed E-state index contributed by atoms with van der Waals surface area (Å²) >= 11 is 12.8. The third-order valence-electron chi connectivity index (χ3n) is 1.94. The number of alkyl halides is 2. The Hall–Kier alpha value is -0.530. The molecule has 0 unspecified atom stereocenters. The minimum Gasteiger partial charge on any atom is -0.478 e. The third kappa shape index (κ3) is 4.33. The molecule has 0 bridgehead atoms. The average molecular weight is 388 g/mol. The second-order valence-corrected chi connectivity index (χ2v) is 5.39. The molecule has 4 nitrogen and oxygen atoms in total.